The first-order chi connectivity index (χ1) is 14.4. The summed E-state index contributed by atoms with van der Waals surface area (Å²) in [6.07, 6.45) is 2.14. The Morgan fingerprint density at radius 2 is 1.93 bits per heavy atom. The van der Waals surface area contributed by atoms with Gasteiger partial charge in [0.1, 0.15) is 11.9 Å². The van der Waals surface area contributed by atoms with Crippen LogP contribution in [-0.4, -0.2) is 46.6 Å². The third-order valence-electron chi connectivity index (χ3n) is 4.88. The lowest BCUT2D eigenvalue weighted by Crippen LogP contribution is -2.31. The minimum absolute atomic E-state index is 0.103. The van der Waals surface area contributed by atoms with Crippen LogP contribution in [0.4, 0.5) is 4.39 Å². The zero-order valence-corrected chi connectivity index (χ0v) is 16.8. The lowest BCUT2D eigenvalue weighted by Gasteiger charge is -2.20. The summed E-state index contributed by atoms with van der Waals surface area (Å²) in [5.41, 5.74) is 2.61. The zero-order valence-electron chi connectivity index (χ0n) is 16.0. The summed E-state index contributed by atoms with van der Waals surface area (Å²) in [4.78, 5) is 3.13. The number of halogens is 1. The fraction of sp³-hybridized carbons (Fsp3) is 0.143. The Bertz CT molecular complexity index is 1270. The predicted octanol–water partition coefficient (Wildman–Crippen LogP) is 3.12. The lowest BCUT2D eigenvalue weighted by atomic mass is 10.1. The monoisotopic (exact) mass is 426 g/mol. The third-order valence-corrected chi connectivity index (χ3v) is 6.72. The number of fused-ring (bicyclic) bond motifs is 1. The maximum Gasteiger partial charge on any atom is 0.242 e. The number of aromatic nitrogens is 3. The van der Waals surface area contributed by atoms with Crippen LogP contribution < -0.4 is 0 Å². The van der Waals surface area contributed by atoms with Crippen molar-refractivity contribution in [2.24, 2.45) is 0 Å². The minimum atomic E-state index is -3.81. The first kappa shape index (κ1) is 20.1. The maximum absolute atomic E-state index is 13.4. The highest BCUT2D eigenvalue weighted by molar-refractivity contribution is 7.89. The molecule has 1 unspecified atom stereocenters. The van der Waals surface area contributed by atoms with Gasteiger partial charge in [-0.3, -0.25) is 0 Å². The Morgan fingerprint density at radius 3 is 2.63 bits per heavy atom. The molecule has 0 saturated carbocycles. The first-order valence-electron chi connectivity index (χ1n) is 9.15. The number of nitrogens with one attached hydrogen (secondary N) is 1. The van der Waals surface area contributed by atoms with Crippen molar-refractivity contribution in [3.8, 4) is 11.1 Å². The molecule has 0 bridgehead atoms. The van der Waals surface area contributed by atoms with E-state index in [9.17, 15) is 17.9 Å². The summed E-state index contributed by atoms with van der Waals surface area (Å²) in [5.74, 6) is -0.330. The number of benzene rings is 2. The number of sulfonamides is 1. The van der Waals surface area contributed by atoms with Gasteiger partial charge in [-0.25, -0.2) is 12.8 Å². The van der Waals surface area contributed by atoms with E-state index in [2.05, 4.69) is 15.2 Å². The normalized spacial score (nSPS) is 13.1. The SMILES string of the molecule is CN(CC(O)c1cccnn1)S(=O)(=O)c1ccc(-c2c[nH]c3cc(F)ccc23)cc1. The van der Waals surface area contributed by atoms with Gasteiger partial charge >= 0.3 is 0 Å². The lowest BCUT2D eigenvalue weighted by molar-refractivity contribution is 0.149. The largest absolute Gasteiger partial charge is 0.385 e. The fourth-order valence-corrected chi connectivity index (χ4v) is 4.43. The van der Waals surface area contributed by atoms with Crippen LogP contribution in [0.15, 0.2) is 71.9 Å². The molecule has 2 aromatic carbocycles. The number of H-pyrrole nitrogens is 1. The highest BCUT2D eigenvalue weighted by atomic mass is 32.2. The summed E-state index contributed by atoms with van der Waals surface area (Å²) in [5, 5.41) is 18.6. The molecule has 30 heavy (non-hydrogen) atoms. The molecule has 154 valence electrons. The molecule has 9 heteroatoms. The molecule has 4 rings (SSSR count). The van der Waals surface area contributed by atoms with Crippen molar-refractivity contribution in [1.82, 2.24) is 19.5 Å². The molecule has 7 nitrogen and oxygen atoms in total. The number of rotatable bonds is 6. The Kier molecular flexibility index (Phi) is 5.33. The van der Waals surface area contributed by atoms with Crippen LogP contribution in [0.25, 0.3) is 22.0 Å². The highest BCUT2D eigenvalue weighted by Crippen LogP contribution is 2.30. The van der Waals surface area contributed by atoms with Gasteiger partial charge in [-0.2, -0.15) is 14.5 Å². The molecule has 0 aliphatic rings. The maximum atomic E-state index is 13.4. The molecule has 0 aliphatic carbocycles. The molecule has 0 radical (unpaired) electrons. The molecular formula is C21H19FN4O3S. The molecule has 2 N–H and O–H groups in total. The Labute approximate surface area is 172 Å². The van der Waals surface area contributed by atoms with Gasteiger partial charge < -0.3 is 10.1 Å². The Morgan fingerprint density at radius 1 is 1.17 bits per heavy atom. The molecular weight excluding hydrogens is 407 g/mol. The minimum Gasteiger partial charge on any atom is -0.385 e. The molecule has 0 aliphatic heterocycles. The molecule has 0 amide bonds. The summed E-state index contributed by atoms with van der Waals surface area (Å²) in [6.45, 7) is -0.156. The molecule has 1 atom stereocenters. The molecule has 0 saturated heterocycles. The van der Waals surface area contributed by atoms with Crippen molar-refractivity contribution >= 4 is 20.9 Å². The van der Waals surface area contributed by atoms with E-state index in [1.54, 1.807) is 36.5 Å². The fourth-order valence-electron chi connectivity index (χ4n) is 3.25. The molecule has 0 fully saturated rings. The van der Waals surface area contributed by atoms with Gasteiger partial charge in [0, 0.05) is 42.5 Å². The van der Waals surface area contributed by atoms with Crippen molar-refractivity contribution in [2.75, 3.05) is 13.6 Å². The predicted molar refractivity (Wildman–Crippen MR) is 111 cm³/mol. The number of aromatic amines is 1. The Hall–Kier alpha value is -3.14. The standard InChI is InChI=1S/C21H19FN4O3S/c1-26(13-21(27)19-3-2-10-24-25-19)30(28,29)16-7-4-14(5-8-16)18-12-23-20-11-15(22)6-9-17(18)20/h2-12,21,23,27H,13H2,1H3. The van der Waals surface area contributed by atoms with Crippen molar-refractivity contribution in [1.29, 1.82) is 0 Å². The number of aliphatic hydroxyl groups excluding tert-OH is 1. The van der Waals surface area contributed by atoms with Crippen molar-refractivity contribution in [2.45, 2.75) is 11.0 Å². The molecule has 0 spiro atoms. The second-order valence-corrected chi connectivity index (χ2v) is 8.91. The van der Waals surface area contributed by atoms with Gasteiger partial charge in [0.2, 0.25) is 10.0 Å². The average molecular weight is 426 g/mol. The third kappa shape index (κ3) is 3.82. The van der Waals surface area contributed by atoms with Crippen LogP contribution in [0.2, 0.25) is 0 Å². The van der Waals surface area contributed by atoms with E-state index >= 15 is 0 Å². The van der Waals surface area contributed by atoms with Crippen LogP contribution in [0.5, 0.6) is 0 Å². The smallest absolute Gasteiger partial charge is 0.242 e. The van der Waals surface area contributed by atoms with Gasteiger partial charge in [0.25, 0.3) is 0 Å². The summed E-state index contributed by atoms with van der Waals surface area (Å²) < 4.78 is 40.2. The molecule has 2 heterocycles. The number of likely N-dealkylation sites (N-methyl/N-ethyl adjacent to an activating group) is 1. The van der Waals surface area contributed by atoms with E-state index in [4.69, 9.17) is 0 Å². The number of nitrogens with zero attached hydrogens (tertiary/aromatic N) is 3. The summed E-state index contributed by atoms with van der Waals surface area (Å²) in [7, 11) is -2.41. The van der Waals surface area contributed by atoms with Crippen molar-refractivity contribution in [3.05, 3.63) is 78.5 Å². The van der Waals surface area contributed by atoms with Crippen molar-refractivity contribution in [3.63, 3.8) is 0 Å². The van der Waals surface area contributed by atoms with E-state index in [0.29, 0.717) is 11.2 Å². The quantitative estimate of drug-likeness (QED) is 0.494. The van der Waals surface area contributed by atoms with Crippen LogP contribution in [0, 0.1) is 5.82 Å². The average Bonchev–Trinajstić information content (AvgIpc) is 3.17. The first-order valence-corrected chi connectivity index (χ1v) is 10.6. The van der Waals surface area contributed by atoms with E-state index in [-0.39, 0.29) is 17.3 Å². The molecule has 2 aromatic heterocycles. The van der Waals surface area contributed by atoms with Crippen LogP contribution in [0.1, 0.15) is 11.8 Å². The number of hydrogen-bond acceptors (Lipinski definition) is 5. The van der Waals surface area contributed by atoms with Crippen LogP contribution in [-0.2, 0) is 10.0 Å². The number of aliphatic hydroxyl groups is 1. The zero-order chi connectivity index (χ0) is 21.3. The molecule has 4 aromatic rings. The second-order valence-electron chi connectivity index (χ2n) is 6.87. The van der Waals surface area contributed by atoms with Gasteiger partial charge in [0.15, 0.2) is 0 Å². The van der Waals surface area contributed by atoms with Gasteiger partial charge in [0.05, 0.1) is 10.6 Å². The Balaban J connectivity index is 1.56. The van der Waals surface area contributed by atoms with Gasteiger partial charge in [-0.05, 0) is 48.0 Å². The van der Waals surface area contributed by atoms with Crippen molar-refractivity contribution < 1.29 is 17.9 Å². The van der Waals surface area contributed by atoms with Gasteiger partial charge in [-0.15, -0.1) is 0 Å². The highest BCUT2D eigenvalue weighted by Gasteiger charge is 2.24. The van der Waals surface area contributed by atoms with E-state index in [1.807, 2.05) is 0 Å². The second kappa shape index (κ2) is 7.94. The van der Waals surface area contributed by atoms with E-state index in [1.165, 1.54) is 37.5 Å². The van der Waals surface area contributed by atoms with Gasteiger partial charge in [-0.1, -0.05) is 12.1 Å². The topological polar surface area (TPSA) is 99.2 Å². The van der Waals surface area contributed by atoms with Crippen LogP contribution in [0.3, 0.4) is 0 Å². The summed E-state index contributed by atoms with van der Waals surface area (Å²) in [6, 6.07) is 14.1. The van der Waals surface area contributed by atoms with Crippen LogP contribution >= 0.6 is 0 Å². The summed E-state index contributed by atoms with van der Waals surface area (Å²) >= 11 is 0. The van der Waals surface area contributed by atoms with E-state index in [0.717, 1.165) is 20.8 Å². The van der Waals surface area contributed by atoms with E-state index < -0.39 is 16.1 Å². The number of hydrogen-bond donors (Lipinski definition) is 2.